The smallest absolute Gasteiger partial charge is 0.272 e. The van der Waals surface area contributed by atoms with E-state index in [4.69, 9.17) is 0 Å². The summed E-state index contributed by atoms with van der Waals surface area (Å²) in [4.78, 5) is 0. The molecule has 25 heavy (non-hydrogen) atoms. The summed E-state index contributed by atoms with van der Waals surface area (Å²) in [5, 5.41) is 20.5. The van der Waals surface area contributed by atoms with Crippen LogP contribution in [0.25, 0.3) is 0 Å². The lowest BCUT2D eigenvalue weighted by Crippen LogP contribution is -2.62. The van der Waals surface area contributed by atoms with Crippen LogP contribution in [0, 0.1) is 28.6 Å². The molecule has 0 radical (unpaired) electrons. The van der Waals surface area contributed by atoms with E-state index in [0.29, 0.717) is 12.8 Å². The van der Waals surface area contributed by atoms with Gasteiger partial charge in [0.25, 0.3) is 6.08 Å². The summed E-state index contributed by atoms with van der Waals surface area (Å²) >= 11 is 0. The van der Waals surface area contributed by atoms with E-state index in [1.165, 1.54) is 0 Å². The molecule has 0 heterocycles. The van der Waals surface area contributed by atoms with Gasteiger partial charge >= 0.3 is 0 Å². The number of fused-ring (bicyclic) bond motifs is 5. The lowest BCUT2D eigenvalue weighted by molar-refractivity contribution is -0.164. The van der Waals surface area contributed by atoms with Gasteiger partial charge in [0.15, 0.2) is 0 Å². The summed E-state index contributed by atoms with van der Waals surface area (Å²) in [6.07, 6.45) is 0.890. The SMILES string of the molecule is C[C@]12CC[C@@H]3[C@@H](CC(=C(F)F)C4(F)CC(O)CC[C@]34C)[C@@H]1CCC2O. The highest BCUT2D eigenvalue weighted by atomic mass is 19.3. The maximum atomic E-state index is 16.1. The van der Waals surface area contributed by atoms with Crippen molar-refractivity contribution in [2.75, 3.05) is 0 Å². The van der Waals surface area contributed by atoms with E-state index in [0.717, 1.165) is 25.7 Å². The minimum atomic E-state index is -2.10. The summed E-state index contributed by atoms with van der Waals surface area (Å²) in [6, 6.07) is 0. The zero-order chi connectivity index (χ0) is 18.2. The predicted octanol–water partition coefficient (Wildman–Crippen LogP) is 4.60. The Kier molecular flexibility index (Phi) is 3.91. The van der Waals surface area contributed by atoms with Crippen molar-refractivity contribution in [1.82, 2.24) is 0 Å². The van der Waals surface area contributed by atoms with Gasteiger partial charge in [-0.3, -0.25) is 0 Å². The van der Waals surface area contributed by atoms with E-state index in [-0.39, 0.29) is 47.7 Å². The van der Waals surface area contributed by atoms with Gasteiger partial charge in [-0.15, -0.1) is 0 Å². The third-order valence-electron chi connectivity index (χ3n) is 8.77. The van der Waals surface area contributed by atoms with E-state index < -0.39 is 23.3 Å². The van der Waals surface area contributed by atoms with Crippen LogP contribution >= 0.6 is 0 Å². The Balaban J connectivity index is 1.80. The molecule has 4 saturated carbocycles. The van der Waals surface area contributed by atoms with Crippen LogP contribution in [0.5, 0.6) is 0 Å². The molecule has 142 valence electrons. The number of allylic oxidation sites excluding steroid dienone is 1. The Hall–Kier alpha value is -0.550. The fraction of sp³-hybridized carbons (Fsp3) is 0.900. The topological polar surface area (TPSA) is 40.5 Å². The van der Waals surface area contributed by atoms with Crippen LogP contribution in [0.3, 0.4) is 0 Å². The third-order valence-corrected chi connectivity index (χ3v) is 8.77. The first kappa shape index (κ1) is 17.8. The van der Waals surface area contributed by atoms with Crippen molar-refractivity contribution in [2.45, 2.75) is 83.1 Å². The zero-order valence-electron chi connectivity index (χ0n) is 15.1. The molecule has 4 rings (SSSR count). The highest BCUT2D eigenvalue weighted by molar-refractivity contribution is 5.31. The molecule has 0 aromatic heterocycles. The van der Waals surface area contributed by atoms with Gasteiger partial charge in [-0.1, -0.05) is 13.8 Å². The largest absolute Gasteiger partial charge is 0.393 e. The molecule has 0 aliphatic heterocycles. The van der Waals surface area contributed by atoms with Crippen molar-refractivity contribution in [2.24, 2.45) is 28.6 Å². The lowest BCUT2D eigenvalue weighted by atomic mass is 9.43. The molecule has 0 spiro atoms. The van der Waals surface area contributed by atoms with Crippen LogP contribution in [0.1, 0.15) is 65.2 Å². The van der Waals surface area contributed by atoms with E-state index in [2.05, 4.69) is 6.92 Å². The van der Waals surface area contributed by atoms with Crippen molar-refractivity contribution in [3.8, 4) is 0 Å². The van der Waals surface area contributed by atoms with Gasteiger partial charge in [0.2, 0.25) is 0 Å². The summed E-state index contributed by atoms with van der Waals surface area (Å²) < 4.78 is 43.7. The third kappa shape index (κ3) is 2.17. The van der Waals surface area contributed by atoms with Crippen molar-refractivity contribution < 1.29 is 23.4 Å². The molecule has 4 aliphatic carbocycles. The zero-order valence-corrected chi connectivity index (χ0v) is 15.1. The lowest BCUT2D eigenvalue weighted by Gasteiger charge is -2.63. The normalized spacial score (nSPS) is 55.3. The van der Waals surface area contributed by atoms with E-state index in [9.17, 15) is 19.0 Å². The Labute approximate surface area is 147 Å². The molecule has 2 nitrogen and oxygen atoms in total. The van der Waals surface area contributed by atoms with E-state index >= 15 is 4.39 Å². The Morgan fingerprint density at radius 3 is 2.40 bits per heavy atom. The second-order valence-electron chi connectivity index (χ2n) is 9.57. The number of halogens is 3. The molecular formula is C20H29F3O2. The quantitative estimate of drug-likeness (QED) is 0.664. The van der Waals surface area contributed by atoms with Crippen LogP contribution < -0.4 is 0 Å². The summed E-state index contributed by atoms with van der Waals surface area (Å²) in [5.41, 5.74) is -3.53. The van der Waals surface area contributed by atoms with Gasteiger partial charge in [-0.25, -0.2) is 4.39 Å². The van der Waals surface area contributed by atoms with Crippen molar-refractivity contribution in [3.05, 3.63) is 11.7 Å². The van der Waals surface area contributed by atoms with Crippen molar-refractivity contribution in [1.29, 1.82) is 0 Å². The molecule has 3 unspecified atom stereocenters. The van der Waals surface area contributed by atoms with Crippen LogP contribution in [0.4, 0.5) is 13.2 Å². The molecule has 5 heteroatoms. The minimum Gasteiger partial charge on any atom is -0.393 e. The van der Waals surface area contributed by atoms with Gasteiger partial charge in [0, 0.05) is 17.4 Å². The first-order valence-electron chi connectivity index (χ1n) is 9.73. The first-order chi connectivity index (χ1) is 11.6. The average molecular weight is 358 g/mol. The summed E-state index contributed by atoms with van der Waals surface area (Å²) in [7, 11) is 0. The molecular weight excluding hydrogens is 329 g/mol. The van der Waals surface area contributed by atoms with Gasteiger partial charge in [0.05, 0.1) is 12.2 Å². The van der Waals surface area contributed by atoms with Crippen molar-refractivity contribution in [3.63, 3.8) is 0 Å². The molecule has 8 atom stereocenters. The number of hydrogen-bond donors (Lipinski definition) is 2. The maximum absolute atomic E-state index is 16.1. The number of aliphatic hydroxyl groups is 2. The second kappa shape index (κ2) is 5.48. The van der Waals surface area contributed by atoms with E-state index in [1.54, 1.807) is 0 Å². The second-order valence-corrected chi connectivity index (χ2v) is 9.57. The Morgan fingerprint density at radius 2 is 1.72 bits per heavy atom. The van der Waals surface area contributed by atoms with Crippen LogP contribution in [-0.4, -0.2) is 28.1 Å². The first-order valence-corrected chi connectivity index (χ1v) is 9.73. The highest BCUT2D eigenvalue weighted by Crippen LogP contribution is 2.69. The molecule has 0 aromatic carbocycles. The number of aliphatic hydroxyl groups excluding tert-OH is 2. The summed E-state index contributed by atoms with van der Waals surface area (Å²) in [6.45, 7) is 3.93. The molecule has 4 aliphatic rings. The van der Waals surface area contributed by atoms with Gasteiger partial charge in [0.1, 0.15) is 5.67 Å². The van der Waals surface area contributed by atoms with E-state index in [1.807, 2.05) is 6.92 Å². The van der Waals surface area contributed by atoms with Crippen LogP contribution in [-0.2, 0) is 0 Å². The van der Waals surface area contributed by atoms with Crippen LogP contribution in [0.2, 0.25) is 0 Å². The van der Waals surface area contributed by atoms with Gasteiger partial charge < -0.3 is 10.2 Å². The molecule has 0 aromatic rings. The van der Waals surface area contributed by atoms with Gasteiger partial charge in [-0.05, 0) is 68.1 Å². The van der Waals surface area contributed by atoms with Crippen molar-refractivity contribution >= 4 is 0 Å². The predicted molar refractivity (Wildman–Crippen MR) is 88.7 cm³/mol. The average Bonchev–Trinajstić information content (AvgIpc) is 2.83. The standard InChI is InChI=1S/C20H29F3O2/c1-18-7-6-14-12(13(18)3-4-16(18)25)9-15(17(21)22)20(23)10-11(24)5-8-19(14,20)2/h11-14,16,24-25H,3-10H2,1-2H3/t11?,12-,13-,14+,16?,18-,19+,20?/m0/s1. The number of rotatable bonds is 0. The number of alkyl halides is 1. The minimum absolute atomic E-state index is 0.0107. The molecule has 4 fully saturated rings. The fourth-order valence-electron chi connectivity index (χ4n) is 7.23. The van der Waals surface area contributed by atoms with Crippen LogP contribution in [0.15, 0.2) is 11.7 Å². The van der Waals surface area contributed by atoms with Gasteiger partial charge in [-0.2, -0.15) is 8.78 Å². The number of hydrogen-bond acceptors (Lipinski definition) is 2. The highest BCUT2D eigenvalue weighted by Gasteiger charge is 2.67. The Bertz CT molecular complexity index is 604. The Morgan fingerprint density at radius 1 is 1.00 bits per heavy atom. The molecule has 0 bridgehead atoms. The molecule has 0 saturated heterocycles. The summed E-state index contributed by atoms with van der Waals surface area (Å²) in [5.74, 6) is 0.247. The monoisotopic (exact) mass is 358 g/mol. The molecule has 2 N–H and O–H groups in total. The fourth-order valence-corrected chi connectivity index (χ4v) is 7.23. The molecule has 0 amide bonds. The maximum Gasteiger partial charge on any atom is 0.272 e.